The van der Waals surface area contributed by atoms with Crippen molar-refractivity contribution in [3.8, 4) is 0 Å². The minimum atomic E-state index is -0.917. The van der Waals surface area contributed by atoms with Crippen molar-refractivity contribution in [2.24, 2.45) is 0 Å². The second-order valence-corrected chi connectivity index (χ2v) is 5.89. The van der Waals surface area contributed by atoms with E-state index in [1.807, 2.05) is 13.8 Å². The van der Waals surface area contributed by atoms with Crippen LogP contribution in [0.1, 0.15) is 20.3 Å². The number of urea groups is 1. The first-order valence-corrected chi connectivity index (χ1v) is 8.26. The van der Waals surface area contributed by atoms with Gasteiger partial charge >= 0.3 is 12.0 Å². The van der Waals surface area contributed by atoms with E-state index in [0.29, 0.717) is 25.4 Å². The number of nitrogens with one attached hydrogen (secondary N) is 1. The van der Waals surface area contributed by atoms with Crippen LogP contribution in [0.4, 0.5) is 4.79 Å². The number of carboxylic acids is 1. The quantitative estimate of drug-likeness (QED) is 0.743. The second-order valence-electron chi connectivity index (χ2n) is 4.74. The first kappa shape index (κ1) is 17.6. The highest BCUT2D eigenvalue weighted by Crippen LogP contribution is 2.18. The number of thioether (sulfide) groups is 1. The molecule has 0 aromatic rings. The van der Waals surface area contributed by atoms with Crippen molar-refractivity contribution >= 4 is 29.7 Å². The van der Waals surface area contributed by atoms with E-state index in [2.05, 4.69) is 5.32 Å². The van der Waals surface area contributed by atoms with E-state index < -0.39 is 5.97 Å². The predicted molar refractivity (Wildman–Crippen MR) is 81.4 cm³/mol. The Morgan fingerprint density at radius 1 is 1.33 bits per heavy atom. The van der Waals surface area contributed by atoms with Gasteiger partial charge in [0.2, 0.25) is 5.91 Å². The maximum absolute atomic E-state index is 12.1. The maximum atomic E-state index is 12.1. The Labute approximate surface area is 129 Å². The van der Waals surface area contributed by atoms with Crippen LogP contribution in [0, 0.1) is 0 Å². The van der Waals surface area contributed by atoms with E-state index in [0.717, 1.165) is 5.75 Å². The summed E-state index contributed by atoms with van der Waals surface area (Å²) in [5.74, 6) is 0.353. The minimum absolute atomic E-state index is 0.0516. The number of rotatable bonds is 6. The van der Waals surface area contributed by atoms with Crippen molar-refractivity contribution in [3.63, 3.8) is 0 Å². The van der Waals surface area contributed by atoms with Crippen molar-refractivity contribution in [2.75, 3.05) is 37.7 Å². The highest BCUT2D eigenvalue weighted by molar-refractivity contribution is 7.99. The molecule has 0 radical (unpaired) electrons. The third-order valence-electron chi connectivity index (χ3n) is 3.41. The van der Waals surface area contributed by atoms with Crippen LogP contribution < -0.4 is 5.32 Å². The smallest absolute Gasteiger partial charge is 0.318 e. The first-order chi connectivity index (χ1) is 9.99. The molecule has 2 N–H and O–H groups in total. The van der Waals surface area contributed by atoms with Gasteiger partial charge < -0.3 is 20.2 Å². The van der Waals surface area contributed by atoms with Crippen molar-refractivity contribution in [1.82, 2.24) is 15.1 Å². The Kier molecular flexibility index (Phi) is 7.35. The Hall–Kier alpha value is -1.44. The molecule has 21 heavy (non-hydrogen) atoms. The van der Waals surface area contributed by atoms with Gasteiger partial charge in [-0.1, -0.05) is 0 Å². The van der Waals surface area contributed by atoms with Crippen LogP contribution in [0.3, 0.4) is 0 Å². The van der Waals surface area contributed by atoms with Gasteiger partial charge in [-0.25, -0.2) is 4.79 Å². The molecule has 1 fully saturated rings. The molecule has 0 spiro atoms. The van der Waals surface area contributed by atoms with Crippen molar-refractivity contribution < 1.29 is 19.5 Å². The molecule has 0 bridgehead atoms. The van der Waals surface area contributed by atoms with Gasteiger partial charge in [0.05, 0.1) is 19.0 Å². The summed E-state index contributed by atoms with van der Waals surface area (Å²) in [4.78, 5) is 38.0. The van der Waals surface area contributed by atoms with Crippen LogP contribution in [-0.2, 0) is 9.59 Å². The summed E-state index contributed by atoms with van der Waals surface area (Å²) in [6.45, 7) is 5.43. The number of hydrogen-bond acceptors (Lipinski definition) is 4. The molecule has 0 aliphatic carbocycles. The number of carboxylic acid groups (broad SMARTS) is 1. The zero-order chi connectivity index (χ0) is 15.8. The molecule has 3 amide bonds. The average molecular weight is 317 g/mol. The molecule has 8 heteroatoms. The minimum Gasteiger partial charge on any atom is -0.481 e. The summed E-state index contributed by atoms with van der Waals surface area (Å²) in [5.41, 5.74) is 0. The van der Waals surface area contributed by atoms with Crippen LogP contribution in [0.2, 0.25) is 0 Å². The number of aliphatic carboxylic acids is 1. The van der Waals surface area contributed by atoms with E-state index in [9.17, 15) is 14.4 Å². The Bertz CT molecular complexity index is 388. The molecule has 1 saturated heterocycles. The van der Waals surface area contributed by atoms with Gasteiger partial charge in [0, 0.05) is 31.1 Å². The van der Waals surface area contributed by atoms with Crippen molar-refractivity contribution in [1.29, 1.82) is 0 Å². The van der Waals surface area contributed by atoms with Crippen LogP contribution in [-0.4, -0.2) is 76.5 Å². The topological polar surface area (TPSA) is 90.0 Å². The lowest BCUT2D eigenvalue weighted by atomic mass is 10.2. The van der Waals surface area contributed by atoms with Crippen molar-refractivity contribution in [3.05, 3.63) is 0 Å². The lowest BCUT2D eigenvalue weighted by Crippen LogP contribution is -2.53. The van der Waals surface area contributed by atoms with Crippen LogP contribution in [0.25, 0.3) is 0 Å². The lowest BCUT2D eigenvalue weighted by molar-refractivity contribution is -0.138. The summed E-state index contributed by atoms with van der Waals surface area (Å²) in [6, 6.07) is -0.674. The molecule has 0 aromatic heterocycles. The molecule has 1 aliphatic heterocycles. The van der Waals surface area contributed by atoms with Crippen LogP contribution >= 0.6 is 11.8 Å². The zero-order valence-electron chi connectivity index (χ0n) is 12.5. The zero-order valence-corrected chi connectivity index (χ0v) is 13.3. The number of carbonyl (C=O) groups is 3. The molecular weight excluding hydrogens is 294 g/mol. The number of likely N-dealkylation sites (N-methyl/N-ethyl adjacent to an activating group) is 1. The second kappa shape index (κ2) is 8.76. The fourth-order valence-corrected chi connectivity index (χ4v) is 3.30. The Morgan fingerprint density at radius 3 is 2.57 bits per heavy atom. The van der Waals surface area contributed by atoms with Crippen LogP contribution in [0.5, 0.6) is 0 Å². The maximum Gasteiger partial charge on any atom is 0.318 e. The summed E-state index contributed by atoms with van der Waals surface area (Å²) >= 11 is 1.64. The third-order valence-corrected chi connectivity index (χ3v) is 4.50. The van der Waals surface area contributed by atoms with E-state index >= 15 is 0 Å². The van der Waals surface area contributed by atoms with Crippen LogP contribution in [0.15, 0.2) is 0 Å². The van der Waals surface area contributed by atoms with E-state index in [1.54, 1.807) is 16.7 Å². The predicted octanol–water partition coefficient (Wildman–Crippen LogP) is 0.457. The molecular formula is C13H23N3O4S. The van der Waals surface area contributed by atoms with Gasteiger partial charge in [-0.15, -0.1) is 0 Å². The van der Waals surface area contributed by atoms with E-state index in [4.69, 9.17) is 5.11 Å². The molecule has 1 atom stereocenters. The van der Waals surface area contributed by atoms with Gasteiger partial charge in [0.25, 0.3) is 0 Å². The molecule has 1 aliphatic rings. The number of amides is 3. The average Bonchev–Trinajstić information content (AvgIpc) is 2.46. The van der Waals surface area contributed by atoms with Gasteiger partial charge in [0.15, 0.2) is 0 Å². The molecule has 7 nitrogen and oxygen atoms in total. The summed E-state index contributed by atoms with van der Waals surface area (Å²) in [7, 11) is 0. The molecule has 0 saturated carbocycles. The molecule has 1 unspecified atom stereocenters. The fraction of sp³-hybridized carbons (Fsp3) is 0.769. The van der Waals surface area contributed by atoms with E-state index in [1.165, 1.54) is 4.90 Å². The highest BCUT2D eigenvalue weighted by Gasteiger charge is 2.29. The highest BCUT2D eigenvalue weighted by atomic mass is 32.2. The van der Waals surface area contributed by atoms with E-state index in [-0.39, 0.29) is 30.9 Å². The number of carbonyl (C=O) groups excluding carboxylic acids is 2. The molecule has 1 heterocycles. The standard InChI is InChI=1S/C13H23N3O4S/c1-3-15(4-2)11(17)8-14-13(20)16-5-6-21-9-10(16)7-12(18)19/h10H,3-9H2,1-2H3,(H,14,20)(H,18,19). The summed E-state index contributed by atoms with van der Waals surface area (Å²) in [5, 5.41) is 11.5. The largest absolute Gasteiger partial charge is 0.481 e. The van der Waals surface area contributed by atoms with Gasteiger partial charge in [-0.3, -0.25) is 9.59 Å². The van der Waals surface area contributed by atoms with Crippen molar-refractivity contribution in [2.45, 2.75) is 26.3 Å². The normalized spacial score (nSPS) is 18.2. The fourth-order valence-electron chi connectivity index (χ4n) is 2.23. The number of nitrogens with zero attached hydrogens (tertiary/aromatic N) is 2. The summed E-state index contributed by atoms with van der Waals surface area (Å²) < 4.78 is 0. The van der Waals surface area contributed by atoms with Gasteiger partial charge in [-0.05, 0) is 13.8 Å². The third kappa shape index (κ3) is 5.45. The Morgan fingerprint density at radius 2 is 2.00 bits per heavy atom. The first-order valence-electron chi connectivity index (χ1n) is 7.11. The summed E-state index contributed by atoms with van der Waals surface area (Å²) in [6.07, 6.45) is -0.0651. The van der Waals surface area contributed by atoms with Gasteiger partial charge in [-0.2, -0.15) is 11.8 Å². The SMILES string of the molecule is CCN(CC)C(=O)CNC(=O)N1CCSCC1CC(=O)O. The molecule has 120 valence electrons. The molecule has 1 rings (SSSR count). The lowest BCUT2D eigenvalue weighted by Gasteiger charge is -2.34. The molecule has 0 aromatic carbocycles. The Balaban J connectivity index is 2.52. The monoisotopic (exact) mass is 317 g/mol. The van der Waals surface area contributed by atoms with Gasteiger partial charge in [0.1, 0.15) is 0 Å². The number of hydrogen-bond donors (Lipinski definition) is 2.